The fourth-order valence-electron chi connectivity index (χ4n) is 2.55. The minimum absolute atomic E-state index is 0.0205. The summed E-state index contributed by atoms with van der Waals surface area (Å²) < 4.78 is 11.1. The standard InChI is InChI=1S/C15H28O3/c1-9(15(4,5)6)8-12-10(2)13(17-7)11(3)14(16)18-12/h9-13H,8H2,1-7H3/t9-,10-,11+,12?,13?/m0/s1. The first-order valence-electron chi connectivity index (χ1n) is 6.91. The molecule has 5 atom stereocenters. The van der Waals surface area contributed by atoms with E-state index in [1.54, 1.807) is 7.11 Å². The molecule has 0 aromatic rings. The molecule has 0 bridgehead atoms. The summed E-state index contributed by atoms with van der Waals surface area (Å²) in [4.78, 5) is 11.8. The summed E-state index contributed by atoms with van der Waals surface area (Å²) in [5.74, 6) is 0.480. The summed E-state index contributed by atoms with van der Waals surface area (Å²) in [6.45, 7) is 12.9. The minimum atomic E-state index is -0.161. The summed E-state index contributed by atoms with van der Waals surface area (Å²) >= 11 is 0. The lowest BCUT2D eigenvalue weighted by atomic mass is 9.75. The fraction of sp³-hybridized carbons (Fsp3) is 0.933. The maximum absolute atomic E-state index is 11.8. The van der Waals surface area contributed by atoms with Crippen molar-refractivity contribution < 1.29 is 14.3 Å². The smallest absolute Gasteiger partial charge is 0.311 e. The number of hydrogen-bond donors (Lipinski definition) is 0. The Hall–Kier alpha value is -0.570. The molecule has 3 heteroatoms. The summed E-state index contributed by atoms with van der Waals surface area (Å²) in [5, 5.41) is 0. The predicted octanol–water partition coefficient (Wildman–Crippen LogP) is 3.27. The van der Waals surface area contributed by atoms with Gasteiger partial charge >= 0.3 is 5.97 Å². The number of carbonyl (C=O) groups is 1. The Morgan fingerprint density at radius 1 is 1.33 bits per heavy atom. The Kier molecular flexibility index (Phi) is 4.82. The van der Waals surface area contributed by atoms with E-state index in [4.69, 9.17) is 9.47 Å². The third kappa shape index (κ3) is 3.25. The molecular formula is C15H28O3. The van der Waals surface area contributed by atoms with E-state index in [0.29, 0.717) is 5.92 Å². The molecule has 1 fully saturated rings. The Balaban J connectivity index is 2.75. The van der Waals surface area contributed by atoms with Gasteiger partial charge in [-0.1, -0.05) is 34.6 Å². The zero-order chi connectivity index (χ0) is 14.1. The van der Waals surface area contributed by atoms with Crippen LogP contribution >= 0.6 is 0 Å². The van der Waals surface area contributed by atoms with Crippen molar-refractivity contribution in [3.05, 3.63) is 0 Å². The van der Waals surface area contributed by atoms with Gasteiger partial charge in [0, 0.05) is 13.0 Å². The lowest BCUT2D eigenvalue weighted by Crippen LogP contribution is -2.48. The van der Waals surface area contributed by atoms with E-state index in [0.717, 1.165) is 6.42 Å². The molecule has 0 aromatic heterocycles. The molecule has 1 aliphatic rings. The molecule has 3 nitrogen and oxygen atoms in total. The molecule has 0 N–H and O–H groups in total. The van der Waals surface area contributed by atoms with Crippen molar-refractivity contribution in [3.8, 4) is 0 Å². The lowest BCUT2D eigenvalue weighted by Gasteiger charge is -2.40. The Morgan fingerprint density at radius 3 is 2.33 bits per heavy atom. The number of cyclic esters (lactones) is 1. The van der Waals surface area contributed by atoms with Crippen LogP contribution in [0.3, 0.4) is 0 Å². The molecule has 0 amide bonds. The first-order valence-corrected chi connectivity index (χ1v) is 6.91. The highest BCUT2D eigenvalue weighted by Gasteiger charge is 2.42. The average molecular weight is 256 g/mol. The topological polar surface area (TPSA) is 35.5 Å². The van der Waals surface area contributed by atoms with Crippen molar-refractivity contribution in [1.29, 1.82) is 0 Å². The quantitative estimate of drug-likeness (QED) is 0.727. The molecule has 0 aromatic carbocycles. The molecule has 2 unspecified atom stereocenters. The number of ether oxygens (including phenoxy) is 2. The van der Waals surface area contributed by atoms with Gasteiger partial charge in [-0.2, -0.15) is 0 Å². The van der Waals surface area contributed by atoms with E-state index in [1.165, 1.54) is 0 Å². The summed E-state index contributed by atoms with van der Waals surface area (Å²) in [7, 11) is 1.68. The highest BCUT2D eigenvalue weighted by Crippen LogP contribution is 2.36. The lowest BCUT2D eigenvalue weighted by molar-refractivity contribution is -0.182. The van der Waals surface area contributed by atoms with Crippen molar-refractivity contribution in [2.75, 3.05) is 7.11 Å². The van der Waals surface area contributed by atoms with Crippen LogP contribution in [0.15, 0.2) is 0 Å². The Bertz CT molecular complexity index is 293. The number of hydrogen-bond acceptors (Lipinski definition) is 3. The van der Waals surface area contributed by atoms with Crippen molar-refractivity contribution in [2.24, 2.45) is 23.2 Å². The van der Waals surface area contributed by atoms with Crippen molar-refractivity contribution >= 4 is 5.97 Å². The van der Waals surface area contributed by atoms with Crippen LogP contribution in [0, 0.1) is 23.2 Å². The maximum Gasteiger partial charge on any atom is 0.311 e. The molecule has 1 aliphatic heterocycles. The van der Waals surface area contributed by atoms with E-state index < -0.39 is 0 Å². The van der Waals surface area contributed by atoms with Crippen LogP contribution < -0.4 is 0 Å². The summed E-state index contributed by atoms with van der Waals surface area (Å²) in [6, 6.07) is 0. The second-order valence-corrected chi connectivity index (χ2v) is 6.83. The van der Waals surface area contributed by atoms with Gasteiger partial charge in [0.25, 0.3) is 0 Å². The molecule has 106 valence electrons. The van der Waals surface area contributed by atoms with Gasteiger partial charge in [0.2, 0.25) is 0 Å². The highest BCUT2D eigenvalue weighted by atomic mass is 16.6. The third-order valence-electron chi connectivity index (χ3n) is 4.57. The monoisotopic (exact) mass is 256 g/mol. The van der Waals surface area contributed by atoms with E-state index in [1.807, 2.05) is 6.92 Å². The van der Waals surface area contributed by atoms with Crippen molar-refractivity contribution in [2.45, 2.75) is 60.2 Å². The largest absolute Gasteiger partial charge is 0.462 e. The second-order valence-electron chi connectivity index (χ2n) is 6.83. The van der Waals surface area contributed by atoms with Gasteiger partial charge in [-0.3, -0.25) is 4.79 Å². The predicted molar refractivity (Wildman–Crippen MR) is 72.2 cm³/mol. The van der Waals surface area contributed by atoms with Gasteiger partial charge in [-0.25, -0.2) is 0 Å². The van der Waals surface area contributed by atoms with Crippen LogP contribution in [0.25, 0.3) is 0 Å². The number of methoxy groups -OCH3 is 1. The number of esters is 1. The van der Waals surface area contributed by atoms with Crippen LogP contribution in [0.2, 0.25) is 0 Å². The Morgan fingerprint density at radius 2 is 1.89 bits per heavy atom. The zero-order valence-electron chi connectivity index (χ0n) is 12.8. The molecular weight excluding hydrogens is 228 g/mol. The Labute approximate surface area is 111 Å². The van der Waals surface area contributed by atoms with Crippen molar-refractivity contribution in [3.63, 3.8) is 0 Å². The van der Waals surface area contributed by atoms with Gasteiger partial charge in [0.05, 0.1) is 12.0 Å². The van der Waals surface area contributed by atoms with Crippen LogP contribution in [0.5, 0.6) is 0 Å². The van der Waals surface area contributed by atoms with Gasteiger partial charge in [-0.15, -0.1) is 0 Å². The van der Waals surface area contributed by atoms with E-state index >= 15 is 0 Å². The van der Waals surface area contributed by atoms with Crippen LogP contribution in [0.1, 0.15) is 48.0 Å². The zero-order valence-corrected chi connectivity index (χ0v) is 12.8. The first kappa shape index (κ1) is 15.5. The van der Waals surface area contributed by atoms with Gasteiger partial charge in [0.15, 0.2) is 0 Å². The van der Waals surface area contributed by atoms with E-state index in [2.05, 4.69) is 34.6 Å². The third-order valence-corrected chi connectivity index (χ3v) is 4.57. The highest BCUT2D eigenvalue weighted by molar-refractivity contribution is 5.73. The van der Waals surface area contributed by atoms with Crippen molar-refractivity contribution in [1.82, 2.24) is 0 Å². The SMILES string of the molecule is COC1[C@@H](C)C(C[C@H](C)C(C)(C)C)OC(=O)[C@@H]1C. The normalized spacial score (nSPS) is 35.2. The number of carbonyl (C=O) groups excluding carboxylic acids is 1. The molecule has 1 rings (SSSR count). The molecule has 1 heterocycles. The molecule has 1 saturated heterocycles. The molecule has 18 heavy (non-hydrogen) atoms. The van der Waals surface area contributed by atoms with Crippen LogP contribution in [-0.2, 0) is 14.3 Å². The van der Waals surface area contributed by atoms with Gasteiger partial charge in [-0.05, 0) is 24.7 Å². The molecule has 0 aliphatic carbocycles. The summed E-state index contributed by atoms with van der Waals surface area (Å²) in [5.41, 5.74) is 0.234. The van der Waals surface area contributed by atoms with E-state index in [9.17, 15) is 4.79 Å². The molecule has 0 spiro atoms. The average Bonchev–Trinajstić information content (AvgIpc) is 2.25. The molecule has 0 radical (unpaired) electrons. The maximum atomic E-state index is 11.8. The number of rotatable bonds is 3. The van der Waals surface area contributed by atoms with Crippen LogP contribution in [0.4, 0.5) is 0 Å². The molecule has 0 saturated carbocycles. The van der Waals surface area contributed by atoms with Gasteiger partial charge in [0.1, 0.15) is 6.10 Å². The first-order chi connectivity index (χ1) is 8.18. The van der Waals surface area contributed by atoms with Crippen LogP contribution in [-0.4, -0.2) is 25.3 Å². The fourth-order valence-corrected chi connectivity index (χ4v) is 2.55. The second kappa shape index (κ2) is 5.60. The van der Waals surface area contributed by atoms with Gasteiger partial charge < -0.3 is 9.47 Å². The minimum Gasteiger partial charge on any atom is -0.462 e. The summed E-state index contributed by atoms with van der Waals surface area (Å²) in [6.07, 6.45) is 0.861. The van der Waals surface area contributed by atoms with E-state index in [-0.39, 0.29) is 35.4 Å².